The van der Waals surface area contributed by atoms with E-state index in [1.165, 1.54) is 4.90 Å². The molecule has 1 aromatic carbocycles. The Hall–Kier alpha value is -1.46. The number of carbonyl (C=O) groups is 2. The average molecular weight is 348 g/mol. The fourth-order valence-corrected chi connectivity index (χ4v) is 4.29. The number of ether oxygens (including phenoxy) is 1. The van der Waals surface area contributed by atoms with Gasteiger partial charge in [-0.05, 0) is 32.0 Å². The van der Waals surface area contributed by atoms with Gasteiger partial charge in [-0.25, -0.2) is 4.90 Å². The van der Waals surface area contributed by atoms with Crippen molar-refractivity contribution in [2.24, 2.45) is 11.8 Å². The molecule has 108 valence electrons. The first-order chi connectivity index (χ1) is 9.86. The van der Waals surface area contributed by atoms with Crippen molar-refractivity contribution < 1.29 is 14.3 Å². The van der Waals surface area contributed by atoms with Crippen LogP contribution in [-0.2, 0) is 14.3 Å². The molecule has 4 nitrogen and oxygen atoms in total. The van der Waals surface area contributed by atoms with Crippen LogP contribution in [-0.4, -0.2) is 23.0 Å². The number of imide groups is 1. The van der Waals surface area contributed by atoms with Crippen molar-refractivity contribution in [3.05, 3.63) is 40.9 Å². The molecule has 1 aromatic rings. The minimum Gasteiger partial charge on any atom is -0.359 e. The Labute approximate surface area is 130 Å². The predicted molar refractivity (Wildman–Crippen MR) is 80.7 cm³/mol. The van der Waals surface area contributed by atoms with Crippen molar-refractivity contribution in [3.63, 3.8) is 0 Å². The van der Waals surface area contributed by atoms with Crippen LogP contribution in [0.1, 0.15) is 13.8 Å². The summed E-state index contributed by atoms with van der Waals surface area (Å²) in [7, 11) is 0. The van der Waals surface area contributed by atoms with E-state index in [9.17, 15) is 9.59 Å². The monoisotopic (exact) mass is 347 g/mol. The number of benzene rings is 1. The van der Waals surface area contributed by atoms with Gasteiger partial charge in [0.15, 0.2) is 0 Å². The summed E-state index contributed by atoms with van der Waals surface area (Å²) in [5.41, 5.74) is -0.736. The molecule has 3 aliphatic rings. The van der Waals surface area contributed by atoms with Crippen LogP contribution in [0.25, 0.3) is 0 Å². The van der Waals surface area contributed by atoms with Crippen LogP contribution in [0.4, 0.5) is 5.69 Å². The van der Waals surface area contributed by atoms with E-state index >= 15 is 0 Å². The van der Waals surface area contributed by atoms with Crippen LogP contribution in [0, 0.1) is 11.8 Å². The number of rotatable bonds is 1. The summed E-state index contributed by atoms with van der Waals surface area (Å²) < 4.78 is 6.81. The first kappa shape index (κ1) is 13.2. The van der Waals surface area contributed by atoms with Crippen LogP contribution < -0.4 is 4.90 Å². The Morgan fingerprint density at radius 3 is 2.19 bits per heavy atom. The third-order valence-corrected chi connectivity index (χ3v) is 5.29. The van der Waals surface area contributed by atoms with E-state index < -0.39 is 23.0 Å². The van der Waals surface area contributed by atoms with Crippen molar-refractivity contribution in [3.8, 4) is 0 Å². The molecular weight excluding hydrogens is 334 g/mol. The van der Waals surface area contributed by atoms with Gasteiger partial charge in [-0.2, -0.15) is 0 Å². The molecule has 3 aliphatic heterocycles. The SMILES string of the molecule is C[C@]12C=C[C@](C)(O1)[C@@H]1C(=O)N(c3cccc(Br)c3)C(=O)[C@@H]12. The minimum atomic E-state index is -0.674. The topological polar surface area (TPSA) is 46.6 Å². The summed E-state index contributed by atoms with van der Waals surface area (Å²) in [6.45, 7) is 3.77. The second-order valence-corrected chi connectivity index (χ2v) is 7.17. The lowest BCUT2D eigenvalue weighted by atomic mass is 9.73. The molecule has 2 amide bonds. The Balaban J connectivity index is 1.82. The second kappa shape index (κ2) is 3.84. The lowest BCUT2D eigenvalue weighted by Gasteiger charge is -2.25. The molecule has 5 heteroatoms. The molecule has 0 aliphatic carbocycles. The van der Waals surface area contributed by atoms with Gasteiger partial charge in [-0.1, -0.05) is 34.1 Å². The quantitative estimate of drug-likeness (QED) is 0.579. The first-order valence-corrected chi connectivity index (χ1v) is 7.69. The summed E-state index contributed by atoms with van der Waals surface area (Å²) in [5, 5.41) is 0. The van der Waals surface area contributed by atoms with Crippen LogP contribution >= 0.6 is 15.9 Å². The molecular formula is C16H14BrNO3. The van der Waals surface area contributed by atoms with Gasteiger partial charge < -0.3 is 4.74 Å². The highest BCUT2D eigenvalue weighted by molar-refractivity contribution is 9.10. The number of nitrogens with zero attached hydrogens (tertiary/aromatic N) is 1. The van der Waals surface area contributed by atoms with E-state index in [1.54, 1.807) is 12.1 Å². The molecule has 0 radical (unpaired) electrons. The van der Waals surface area contributed by atoms with E-state index in [1.807, 2.05) is 38.1 Å². The molecule has 4 rings (SSSR count). The maximum Gasteiger partial charge on any atom is 0.241 e. The van der Waals surface area contributed by atoms with Gasteiger partial charge in [0.05, 0.1) is 28.7 Å². The van der Waals surface area contributed by atoms with Gasteiger partial charge in [0.25, 0.3) is 0 Å². The van der Waals surface area contributed by atoms with E-state index in [0.29, 0.717) is 5.69 Å². The fraction of sp³-hybridized carbons (Fsp3) is 0.375. The van der Waals surface area contributed by atoms with Crippen molar-refractivity contribution in [1.82, 2.24) is 0 Å². The maximum absolute atomic E-state index is 12.8. The summed E-state index contributed by atoms with van der Waals surface area (Å²) in [4.78, 5) is 27.0. The first-order valence-electron chi connectivity index (χ1n) is 6.90. The molecule has 0 unspecified atom stereocenters. The Kier molecular flexibility index (Phi) is 2.42. The van der Waals surface area contributed by atoms with Crippen LogP contribution in [0.15, 0.2) is 40.9 Å². The van der Waals surface area contributed by atoms with E-state index in [4.69, 9.17) is 4.74 Å². The molecule has 4 atom stereocenters. The Morgan fingerprint density at radius 2 is 1.67 bits per heavy atom. The lowest BCUT2D eigenvalue weighted by Crippen LogP contribution is -2.39. The summed E-state index contributed by atoms with van der Waals surface area (Å²) >= 11 is 3.38. The zero-order chi connectivity index (χ0) is 15.0. The second-order valence-electron chi connectivity index (χ2n) is 6.25. The van der Waals surface area contributed by atoms with Crippen molar-refractivity contribution in [2.45, 2.75) is 25.0 Å². The van der Waals surface area contributed by atoms with Crippen molar-refractivity contribution >= 4 is 33.4 Å². The van der Waals surface area contributed by atoms with Crippen molar-refractivity contribution in [2.75, 3.05) is 4.90 Å². The number of anilines is 1. The van der Waals surface area contributed by atoms with E-state index in [-0.39, 0.29) is 11.8 Å². The number of halogens is 1. The molecule has 21 heavy (non-hydrogen) atoms. The molecule has 3 heterocycles. The molecule has 2 saturated heterocycles. The highest BCUT2D eigenvalue weighted by Crippen LogP contribution is 2.57. The largest absolute Gasteiger partial charge is 0.359 e. The van der Waals surface area contributed by atoms with E-state index in [0.717, 1.165) is 4.47 Å². The lowest BCUT2D eigenvalue weighted by molar-refractivity contribution is -0.128. The molecule has 2 bridgehead atoms. The van der Waals surface area contributed by atoms with Gasteiger partial charge in [-0.15, -0.1) is 0 Å². The number of amides is 2. The summed E-state index contributed by atoms with van der Waals surface area (Å²) in [5.74, 6) is -1.20. The van der Waals surface area contributed by atoms with Crippen LogP contribution in [0.2, 0.25) is 0 Å². The number of fused-ring (bicyclic) bond motifs is 5. The summed E-state index contributed by atoms with van der Waals surface area (Å²) in [6.07, 6.45) is 3.84. The molecule has 0 aromatic heterocycles. The Morgan fingerprint density at radius 1 is 1.10 bits per heavy atom. The number of hydrogen-bond donors (Lipinski definition) is 0. The highest BCUT2D eigenvalue weighted by Gasteiger charge is 2.70. The number of carbonyl (C=O) groups excluding carboxylic acids is 2. The van der Waals surface area contributed by atoms with Crippen molar-refractivity contribution in [1.29, 1.82) is 0 Å². The maximum atomic E-state index is 12.8. The van der Waals surface area contributed by atoms with Gasteiger partial charge in [0.1, 0.15) is 0 Å². The highest BCUT2D eigenvalue weighted by atomic mass is 79.9. The third kappa shape index (κ3) is 1.53. The zero-order valence-corrected chi connectivity index (χ0v) is 13.3. The van der Waals surface area contributed by atoms with Gasteiger partial charge in [0.2, 0.25) is 11.8 Å². The predicted octanol–water partition coefficient (Wildman–Crippen LogP) is 2.67. The minimum absolute atomic E-state index is 0.168. The van der Waals surface area contributed by atoms with E-state index in [2.05, 4.69) is 15.9 Å². The van der Waals surface area contributed by atoms with Gasteiger partial charge >= 0.3 is 0 Å². The van der Waals surface area contributed by atoms with Crippen LogP contribution in [0.3, 0.4) is 0 Å². The smallest absolute Gasteiger partial charge is 0.241 e. The standard InChI is InChI=1S/C16H14BrNO3/c1-15-6-7-16(2,21-15)12-11(15)13(19)18(14(12)20)10-5-3-4-9(17)8-10/h3-8,11-12H,1-2H3/t11-,12+,15-,16+. The fourth-order valence-electron chi connectivity index (χ4n) is 3.90. The number of hydrogen-bond acceptors (Lipinski definition) is 3. The summed E-state index contributed by atoms with van der Waals surface area (Å²) in [6, 6.07) is 7.26. The molecule has 0 saturated carbocycles. The third-order valence-electron chi connectivity index (χ3n) is 4.79. The molecule has 0 spiro atoms. The van der Waals surface area contributed by atoms with Gasteiger partial charge in [-0.3, -0.25) is 9.59 Å². The van der Waals surface area contributed by atoms with Crippen LogP contribution in [0.5, 0.6) is 0 Å². The zero-order valence-electron chi connectivity index (χ0n) is 11.7. The van der Waals surface area contributed by atoms with Gasteiger partial charge in [0, 0.05) is 4.47 Å². The molecule has 0 N–H and O–H groups in total. The average Bonchev–Trinajstić information content (AvgIpc) is 2.95. The normalized spacial score (nSPS) is 40.2. The Bertz CT molecular complexity index is 679. The molecule has 2 fully saturated rings.